The van der Waals surface area contributed by atoms with E-state index in [0.717, 1.165) is 34.0 Å². The Labute approximate surface area is 219 Å². The second kappa shape index (κ2) is 11.6. The van der Waals surface area contributed by atoms with Crippen LogP contribution in [0.1, 0.15) is 67.9 Å². The summed E-state index contributed by atoms with van der Waals surface area (Å²) in [6, 6.07) is 19.2. The van der Waals surface area contributed by atoms with Gasteiger partial charge >= 0.3 is 0 Å². The monoisotopic (exact) mass is 499 g/mol. The molecule has 0 fully saturated rings. The van der Waals surface area contributed by atoms with E-state index in [1.165, 1.54) is 0 Å². The fourth-order valence-electron chi connectivity index (χ4n) is 5.06. The maximum atomic E-state index is 13.6. The lowest BCUT2D eigenvalue weighted by Gasteiger charge is -2.32. The third kappa shape index (κ3) is 5.53. The highest BCUT2D eigenvalue weighted by atomic mass is 16.2. The molecule has 0 unspecified atom stereocenters. The van der Waals surface area contributed by atoms with Crippen molar-refractivity contribution in [1.29, 1.82) is 0 Å². The van der Waals surface area contributed by atoms with Crippen LogP contribution >= 0.6 is 0 Å². The summed E-state index contributed by atoms with van der Waals surface area (Å²) in [6.45, 7) is 8.80. The molecular weight excluding hydrogens is 462 g/mol. The molecule has 0 saturated carbocycles. The van der Waals surface area contributed by atoms with Gasteiger partial charge in [0.25, 0.3) is 5.91 Å². The van der Waals surface area contributed by atoms with Gasteiger partial charge in [0.15, 0.2) is 0 Å². The molecule has 1 aliphatic heterocycles. The number of amides is 3. The molecule has 37 heavy (non-hydrogen) atoms. The van der Waals surface area contributed by atoms with Crippen LogP contribution in [0.25, 0.3) is 10.8 Å². The largest absolute Gasteiger partial charge is 0.352 e. The number of rotatable bonds is 11. The lowest BCUT2D eigenvalue weighted by Crippen LogP contribution is -2.50. The van der Waals surface area contributed by atoms with E-state index in [1.807, 2.05) is 88.4 Å². The molecule has 4 rings (SSSR count). The Morgan fingerprint density at radius 3 is 2.41 bits per heavy atom. The topological polar surface area (TPSA) is 69.7 Å². The van der Waals surface area contributed by atoms with Gasteiger partial charge in [-0.15, -0.1) is 0 Å². The SMILES string of the molecule is CC[C@@H](C)NC(=O)[C@H](CC)N(Cc1ccccc1C)C(=O)CCCN1C(=O)c2cccc3cccc1c23. The summed E-state index contributed by atoms with van der Waals surface area (Å²) in [4.78, 5) is 43.4. The van der Waals surface area contributed by atoms with Gasteiger partial charge in [-0.3, -0.25) is 14.4 Å². The minimum Gasteiger partial charge on any atom is -0.352 e. The number of hydrogen-bond donors (Lipinski definition) is 1. The zero-order valence-corrected chi connectivity index (χ0v) is 22.3. The van der Waals surface area contributed by atoms with Crippen molar-refractivity contribution in [2.75, 3.05) is 11.4 Å². The number of nitrogens with zero attached hydrogens (tertiary/aromatic N) is 2. The Bertz CT molecular complexity index is 1300. The van der Waals surface area contributed by atoms with Crippen molar-refractivity contribution in [3.05, 3.63) is 77.4 Å². The van der Waals surface area contributed by atoms with E-state index in [-0.39, 0.29) is 30.2 Å². The molecule has 6 nitrogen and oxygen atoms in total. The van der Waals surface area contributed by atoms with Gasteiger partial charge < -0.3 is 15.1 Å². The lowest BCUT2D eigenvalue weighted by molar-refractivity contribution is -0.141. The highest BCUT2D eigenvalue weighted by Gasteiger charge is 2.31. The molecule has 1 N–H and O–H groups in total. The van der Waals surface area contributed by atoms with Gasteiger partial charge in [0, 0.05) is 36.5 Å². The molecule has 0 bridgehead atoms. The zero-order chi connectivity index (χ0) is 26.5. The molecule has 0 radical (unpaired) electrons. The highest BCUT2D eigenvalue weighted by Crippen LogP contribution is 2.37. The van der Waals surface area contributed by atoms with Gasteiger partial charge in [0.2, 0.25) is 11.8 Å². The fourth-order valence-corrected chi connectivity index (χ4v) is 5.06. The third-order valence-corrected chi connectivity index (χ3v) is 7.41. The van der Waals surface area contributed by atoms with Gasteiger partial charge in [-0.1, -0.05) is 62.4 Å². The summed E-state index contributed by atoms with van der Waals surface area (Å²) in [5.74, 6) is -0.206. The van der Waals surface area contributed by atoms with Gasteiger partial charge in [-0.2, -0.15) is 0 Å². The zero-order valence-electron chi connectivity index (χ0n) is 22.3. The van der Waals surface area contributed by atoms with Crippen molar-refractivity contribution in [3.8, 4) is 0 Å². The predicted molar refractivity (Wildman–Crippen MR) is 149 cm³/mol. The second-order valence-electron chi connectivity index (χ2n) is 9.93. The summed E-state index contributed by atoms with van der Waals surface area (Å²) in [5, 5.41) is 5.09. The van der Waals surface area contributed by atoms with E-state index in [9.17, 15) is 14.4 Å². The number of nitrogens with one attached hydrogen (secondary N) is 1. The minimum atomic E-state index is -0.549. The van der Waals surface area contributed by atoms with Crippen LogP contribution in [0.15, 0.2) is 60.7 Å². The Hall–Kier alpha value is -3.67. The molecule has 3 aromatic rings. The molecule has 0 aromatic heterocycles. The highest BCUT2D eigenvalue weighted by molar-refractivity contribution is 6.25. The van der Waals surface area contributed by atoms with Gasteiger partial charge in [-0.05, 0) is 61.8 Å². The average molecular weight is 500 g/mol. The van der Waals surface area contributed by atoms with E-state index in [0.29, 0.717) is 31.5 Å². The smallest absolute Gasteiger partial charge is 0.258 e. The minimum absolute atomic E-state index is 0.0182. The average Bonchev–Trinajstić information content (AvgIpc) is 3.17. The van der Waals surface area contributed by atoms with Gasteiger partial charge in [-0.25, -0.2) is 0 Å². The number of carbonyl (C=O) groups excluding carboxylic acids is 3. The van der Waals surface area contributed by atoms with Crippen molar-refractivity contribution < 1.29 is 14.4 Å². The molecule has 0 spiro atoms. The molecular formula is C31H37N3O3. The van der Waals surface area contributed by atoms with Crippen molar-refractivity contribution in [2.24, 2.45) is 0 Å². The predicted octanol–water partition coefficient (Wildman–Crippen LogP) is 5.61. The summed E-state index contributed by atoms with van der Waals surface area (Å²) in [7, 11) is 0. The lowest BCUT2D eigenvalue weighted by atomic mass is 10.0. The standard InChI is InChI=1S/C31H37N3O3/c1-5-22(4)32-30(36)26(6-2)34(20-24-13-8-7-12-21(24)3)28(35)18-11-19-33-27-17-10-15-23-14-9-16-25(29(23)27)31(33)37/h7-10,12-17,22,26H,5-6,11,18-20H2,1-4H3,(H,32,36)/t22-,26+/m1/s1. The van der Waals surface area contributed by atoms with Crippen LogP contribution in [0.2, 0.25) is 0 Å². The van der Waals surface area contributed by atoms with E-state index in [2.05, 4.69) is 5.32 Å². The first kappa shape index (κ1) is 26.4. The van der Waals surface area contributed by atoms with Crippen molar-refractivity contribution >= 4 is 34.2 Å². The Morgan fingerprint density at radius 2 is 1.70 bits per heavy atom. The Morgan fingerprint density at radius 1 is 0.973 bits per heavy atom. The van der Waals surface area contributed by atoms with E-state index < -0.39 is 6.04 Å². The van der Waals surface area contributed by atoms with Crippen LogP contribution in [0.3, 0.4) is 0 Å². The molecule has 2 atom stereocenters. The summed E-state index contributed by atoms with van der Waals surface area (Å²) in [6.07, 6.45) is 2.13. The van der Waals surface area contributed by atoms with E-state index in [4.69, 9.17) is 0 Å². The first-order valence-electron chi connectivity index (χ1n) is 13.3. The van der Waals surface area contributed by atoms with Crippen molar-refractivity contribution in [3.63, 3.8) is 0 Å². The molecule has 0 aliphatic carbocycles. The first-order chi connectivity index (χ1) is 17.8. The summed E-state index contributed by atoms with van der Waals surface area (Å²) >= 11 is 0. The van der Waals surface area contributed by atoms with Crippen LogP contribution < -0.4 is 10.2 Å². The van der Waals surface area contributed by atoms with Crippen LogP contribution in [-0.2, 0) is 16.1 Å². The molecule has 0 saturated heterocycles. The molecule has 3 aromatic carbocycles. The van der Waals surface area contributed by atoms with Crippen LogP contribution in [-0.4, -0.2) is 41.2 Å². The number of anilines is 1. The second-order valence-corrected chi connectivity index (χ2v) is 9.93. The van der Waals surface area contributed by atoms with Crippen molar-refractivity contribution in [2.45, 2.75) is 72.0 Å². The number of hydrogen-bond acceptors (Lipinski definition) is 3. The number of carbonyl (C=O) groups is 3. The molecule has 194 valence electrons. The van der Waals surface area contributed by atoms with Crippen molar-refractivity contribution in [1.82, 2.24) is 10.2 Å². The van der Waals surface area contributed by atoms with Crippen LogP contribution in [0.4, 0.5) is 5.69 Å². The molecule has 1 aliphatic rings. The maximum Gasteiger partial charge on any atom is 0.258 e. The normalized spacial score (nSPS) is 14.1. The van der Waals surface area contributed by atoms with Crippen LogP contribution in [0, 0.1) is 6.92 Å². The Kier molecular flexibility index (Phi) is 8.27. The van der Waals surface area contributed by atoms with Crippen LogP contribution in [0.5, 0.6) is 0 Å². The maximum absolute atomic E-state index is 13.6. The number of aryl methyl sites for hydroxylation is 1. The molecule has 6 heteroatoms. The van der Waals surface area contributed by atoms with E-state index >= 15 is 0 Å². The Balaban J connectivity index is 1.50. The molecule has 3 amide bonds. The quantitative estimate of drug-likeness (QED) is 0.373. The van der Waals surface area contributed by atoms with Gasteiger partial charge in [0.05, 0.1) is 5.69 Å². The number of benzene rings is 3. The summed E-state index contributed by atoms with van der Waals surface area (Å²) < 4.78 is 0. The third-order valence-electron chi connectivity index (χ3n) is 7.41. The first-order valence-corrected chi connectivity index (χ1v) is 13.3. The fraction of sp³-hybridized carbons (Fsp3) is 0.387. The van der Waals surface area contributed by atoms with Gasteiger partial charge in [0.1, 0.15) is 6.04 Å². The van der Waals surface area contributed by atoms with E-state index in [1.54, 1.807) is 9.80 Å². The summed E-state index contributed by atoms with van der Waals surface area (Å²) in [5.41, 5.74) is 3.74. The molecule has 1 heterocycles.